The maximum absolute atomic E-state index is 3.84. The van der Waals surface area contributed by atoms with Crippen LogP contribution in [0.4, 0.5) is 0 Å². The molecule has 0 unspecified atom stereocenters. The molecule has 0 aliphatic carbocycles. The highest BCUT2D eigenvalue weighted by Crippen LogP contribution is 2.06. The summed E-state index contributed by atoms with van der Waals surface area (Å²) in [7, 11) is 2.01. The Hall–Kier alpha value is -0.980. The van der Waals surface area contributed by atoms with Gasteiger partial charge >= 0.3 is 0 Å². The molecule has 1 aliphatic heterocycles. The van der Waals surface area contributed by atoms with E-state index < -0.39 is 0 Å². The highest BCUT2D eigenvalue weighted by atomic mass is 15.0. The van der Waals surface area contributed by atoms with Gasteiger partial charge in [-0.3, -0.25) is 0 Å². The van der Waals surface area contributed by atoms with Crippen molar-refractivity contribution in [2.45, 2.75) is 6.42 Å². The normalized spacial score (nSPS) is 18.3. The van der Waals surface area contributed by atoms with Crippen molar-refractivity contribution in [3.8, 4) is 0 Å². The minimum atomic E-state index is 0.973. The average molecular weight is 121 g/mol. The van der Waals surface area contributed by atoms with E-state index in [0.717, 1.165) is 12.0 Å². The zero-order valence-electron chi connectivity index (χ0n) is 5.67. The van der Waals surface area contributed by atoms with Crippen LogP contribution in [-0.4, -0.2) is 11.9 Å². The van der Waals surface area contributed by atoms with Gasteiger partial charge in [0.1, 0.15) is 0 Å². The van der Waals surface area contributed by atoms with Crippen LogP contribution in [0.15, 0.2) is 36.7 Å². The lowest BCUT2D eigenvalue weighted by molar-refractivity contribution is 0.627. The first kappa shape index (κ1) is 6.14. The Kier molecular flexibility index (Phi) is 1.73. The average Bonchev–Trinajstić information content (AvgIpc) is 1.97. The molecule has 0 atom stereocenters. The maximum atomic E-state index is 3.84. The lowest BCUT2D eigenvalue weighted by atomic mass is 10.2. The Morgan fingerprint density at radius 2 is 2.33 bits per heavy atom. The van der Waals surface area contributed by atoms with E-state index in [9.17, 15) is 0 Å². The predicted octanol–water partition coefficient (Wildman–Crippen LogP) is 1.91. The molecule has 0 aromatic carbocycles. The van der Waals surface area contributed by atoms with Crippen LogP contribution in [-0.2, 0) is 0 Å². The zero-order chi connectivity index (χ0) is 6.69. The summed E-state index contributed by atoms with van der Waals surface area (Å²) in [6.07, 6.45) is 9.14. The Morgan fingerprint density at radius 3 is 3.11 bits per heavy atom. The summed E-state index contributed by atoms with van der Waals surface area (Å²) < 4.78 is 0. The van der Waals surface area contributed by atoms with Gasteiger partial charge in [0.05, 0.1) is 0 Å². The second-order valence-electron chi connectivity index (χ2n) is 2.23. The topological polar surface area (TPSA) is 3.24 Å². The van der Waals surface area contributed by atoms with Gasteiger partial charge in [-0.2, -0.15) is 0 Å². The van der Waals surface area contributed by atoms with Crippen molar-refractivity contribution in [1.29, 1.82) is 0 Å². The van der Waals surface area contributed by atoms with E-state index in [-0.39, 0.29) is 0 Å². The monoisotopic (exact) mass is 121 g/mol. The minimum Gasteiger partial charge on any atom is -0.358 e. The molecule has 0 saturated heterocycles. The molecular weight excluding hydrogens is 110 g/mol. The summed E-state index contributed by atoms with van der Waals surface area (Å²) in [6.45, 7) is 3.84. The molecule has 0 fully saturated rings. The van der Waals surface area contributed by atoms with Crippen LogP contribution in [0.5, 0.6) is 0 Å². The molecule has 0 aromatic heterocycles. The highest BCUT2D eigenvalue weighted by Gasteiger charge is 1.90. The van der Waals surface area contributed by atoms with Gasteiger partial charge in [0.2, 0.25) is 0 Å². The van der Waals surface area contributed by atoms with Crippen molar-refractivity contribution in [2.75, 3.05) is 7.05 Å². The predicted molar refractivity (Wildman–Crippen MR) is 39.8 cm³/mol. The Bertz CT molecular complexity index is 165. The fourth-order valence-electron chi connectivity index (χ4n) is 0.711. The summed E-state index contributed by atoms with van der Waals surface area (Å²) in [6, 6.07) is 0. The molecule has 1 heterocycles. The van der Waals surface area contributed by atoms with Crippen LogP contribution in [0.3, 0.4) is 0 Å². The van der Waals surface area contributed by atoms with Gasteiger partial charge in [-0.25, -0.2) is 0 Å². The first-order chi connectivity index (χ1) is 4.29. The van der Waals surface area contributed by atoms with Crippen LogP contribution in [0.1, 0.15) is 6.42 Å². The second kappa shape index (κ2) is 2.53. The number of hydrogen-bond donors (Lipinski definition) is 0. The molecular formula is C8H11N. The first-order valence-electron chi connectivity index (χ1n) is 3.03. The van der Waals surface area contributed by atoms with Gasteiger partial charge in [0.25, 0.3) is 0 Å². The lowest BCUT2D eigenvalue weighted by Crippen LogP contribution is -1.97. The van der Waals surface area contributed by atoms with Crippen molar-refractivity contribution in [1.82, 2.24) is 4.90 Å². The van der Waals surface area contributed by atoms with Crippen molar-refractivity contribution in [3.63, 3.8) is 0 Å². The Morgan fingerprint density at radius 1 is 1.56 bits per heavy atom. The van der Waals surface area contributed by atoms with E-state index >= 15 is 0 Å². The van der Waals surface area contributed by atoms with E-state index in [2.05, 4.69) is 12.7 Å². The second-order valence-corrected chi connectivity index (χ2v) is 2.23. The lowest BCUT2D eigenvalue weighted by Gasteiger charge is -2.02. The summed E-state index contributed by atoms with van der Waals surface area (Å²) in [5.41, 5.74) is 1.16. The van der Waals surface area contributed by atoms with Gasteiger partial charge < -0.3 is 4.90 Å². The molecule has 1 rings (SSSR count). The van der Waals surface area contributed by atoms with E-state index in [1.165, 1.54) is 0 Å². The number of allylic oxidation sites excluding steroid dienone is 3. The van der Waals surface area contributed by atoms with Crippen LogP contribution in [0.2, 0.25) is 0 Å². The number of nitrogens with zero attached hydrogens (tertiary/aromatic N) is 1. The van der Waals surface area contributed by atoms with Crippen molar-refractivity contribution in [2.24, 2.45) is 0 Å². The molecule has 1 aliphatic rings. The molecule has 0 N–H and O–H groups in total. The molecule has 9 heavy (non-hydrogen) atoms. The van der Waals surface area contributed by atoms with Crippen molar-refractivity contribution in [3.05, 3.63) is 36.7 Å². The Balaban J connectivity index is 2.68. The standard InChI is InChI=1S/C8H11N/c1-8-4-3-6-9(2)7-5-8/h3,5-7H,1,4H2,2H3. The largest absolute Gasteiger partial charge is 0.358 e. The van der Waals surface area contributed by atoms with E-state index in [0.29, 0.717) is 0 Å². The molecule has 0 saturated carbocycles. The van der Waals surface area contributed by atoms with E-state index in [1.54, 1.807) is 0 Å². The first-order valence-corrected chi connectivity index (χ1v) is 3.03. The molecule has 0 spiro atoms. The third-order valence-electron chi connectivity index (χ3n) is 1.27. The van der Waals surface area contributed by atoms with Gasteiger partial charge in [0.15, 0.2) is 0 Å². The van der Waals surface area contributed by atoms with Gasteiger partial charge in [-0.15, -0.1) is 0 Å². The Labute approximate surface area is 56.0 Å². The molecule has 1 heteroatoms. The summed E-state index contributed by atoms with van der Waals surface area (Å²) >= 11 is 0. The molecule has 1 nitrogen and oxygen atoms in total. The van der Waals surface area contributed by atoms with Crippen LogP contribution < -0.4 is 0 Å². The van der Waals surface area contributed by atoms with Crippen LogP contribution >= 0.6 is 0 Å². The van der Waals surface area contributed by atoms with Gasteiger partial charge in [-0.1, -0.05) is 12.7 Å². The fourth-order valence-corrected chi connectivity index (χ4v) is 0.711. The fraction of sp³-hybridized carbons (Fsp3) is 0.250. The summed E-state index contributed by atoms with van der Waals surface area (Å²) in [5.74, 6) is 0. The number of rotatable bonds is 0. The number of hydrogen-bond acceptors (Lipinski definition) is 1. The van der Waals surface area contributed by atoms with Crippen LogP contribution in [0, 0.1) is 0 Å². The smallest absolute Gasteiger partial charge is 0.0106 e. The van der Waals surface area contributed by atoms with Gasteiger partial charge in [0, 0.05) is 13.2 Å². The van der Waals surface area contributed by atoms with Crippen molar-refractivity contribution < 1.29 is 0 Å². The molecule has 0 amide bonds. The maximum Gasteiger partial charge on any atom is 0.0106 e. The molecule has 0 radical (unpaired) electrons. The molecule has 48 valence electrons. The minimum absolute atomic E-state index is 0.973. The third kappa shape index (κ3) is 1.76. The zero-order valence-corrected chi connectivity index (χ0v) is 5.67. The van der Waals surface area contributed by atoms with Crippen molar-refractivity contribution >= 4 is 0 Å². The van der Waals surface area contributed by atoms with Crippen LogP contribution in [0.25, 0.3) is 0 Å². The third-order valence-corrected chi connectivity index (χ3v) is 1.27. The van der Waals surface area contributed by atoms with Gasteiger partial charge in [-0.05, 0) is 24.3 Å². The quantitative estimate of drug-likeness (QED) is 0.473. The SMILES string of the molecule is C=C1C=CN(C)C=CC1. The summed E-state index contributed by atoms with van der Waals surface area (Å²) in [5, 5.41) is 0. The molecule has 0 bridgehead atoms. The molecule has 0 aromatic rings. The van der Waals surface area contributed by atoms with E-state index in [1.807, 2.05) is 30.4 Å². The highest BCUT2D eigenvalue weighted by molar-refractivity contribution is 5.20. The summed E-state index contributed by atoms with van der Waals surface area (Å²) in [4.78, 5) is 2.01. The van der Waals surface area contributed by atoms with E-state index in [4.69, 9.17) is 0 Å².